The lowest BCUT2D eigenvalue weighted by molar-refractivity contribution is -0.0498. The minimum Gasteiger partial charge on any atom is -0.435 e. The number of alkyl halides is 2. The lowest BCUT2D eigenvalue weighted by Crippen LogP contribution is -2.02. The molecule has 1 aromatic carbocycles. The summed E-state index contributed by atoms with van der Waals surface area (Å²) in [6, 6.07) is 8.11. The molecular weight excluding hydrogens is 284 g/mol. The van der Waals surface area contributed by atoms with Crippen molar-refractivity contribution in [3.8, 4) is 11.4 Å². The van der Waals surface area contributed by atoms with Crippen molar-refractivity contribution in [1.29, 1.82) is 0 Å². The van der Waals surface area contributed by atoms with Crippen molar-refractivity contribution in [2.24, 2.45) is 0 Å². The molecule has 2 heterocycles. The first-order valence-electron chi connectivity index (χ1n) is 5.75. The van der Waals surface area contributed by atoms with Crippen molar-refractivity contribution in [2.75, 3.05) is 0 Å². The molecule has 0 saturated carbocycles. The van der Waals surface area contributed by atoms with Gasteiger partial charge in [0.25, 0.3) is 0 Å². The van der Waals surface area contributed by atoms with Crippen molar-refractivity contribution in [3.63, 3.8) is 0 Å². The van der Waals surface area contributed by atoms with E-state index < -0.39 is 6.61 Å². The van der Waals surface area contributed by atoms with Crippen LogP contribution in [0.15, 0.2) is 42.7 Å². The molecule has 0 aliphatic rings. The van der Waals surface area contributed by atoms with Crippen molar-refractivity contribution in [1.82, 2.24) is 14.5 Å². The summed E-state index contributed by atoms with van der Waals surface area (Å²) in [6.45, 7) is -2.83. The number of benzene rings is 1. The molecule has 7 heteroatoms. The number of H-pyrrole nitrogens is 1. The monoisotopic (exact) mass is 293 g/mol. The Morgan fingerprint density at radius 3 is 2.65 bits per heavy atom. The van der Waals surface area contributed by atoms with Gasteiger partial charge in [0.1, 0.15) is 5.75 Å². The number of hydrogen-bond acceptors (Lipinski definition) is 3. The third kappa shape index (κ3) is 2.27. The molecule has 0 bridgehead atoms. The maximum atomic E-state index is 12.1. The maximum Gasteiger partial charge on any atom is 0.387 e. The van der Waals surface area contributed by atoms with Gasteiger partial charge in [-0.1, -0.05) is 0 Å². The highest BCUT2D eigenvalue weighted by Crippen LogP contribution is 2.21. The molecule has 0 fully saturated rings. The Balaban J connectivity index is 2.07. The van der Waals surface area contributed by atoms with Crippen LogP contribution >= 0.6 is 12.2 Å². The molecule has 2 aromatic heterocycles. The zero-order valence-corrected chi connectivity index (χ0v) is 10.9. The Kier molecular flexibility index (Phi) is 3.19. The Morgan fingerprint density at radius 2 is 1.95 bits per heavy atom. The highest BCUT2D eigenvalue weighted by Gasteiger charge is 2.08. The molecule has 102 valence electrons. The number of nitrogens with zero attached hydrogens (tertiary/aromatic N) is 2. The molecule has 0 amide bonds. The molecular formula is C13H9F2N3OS. The number of hydrogen-bond donors (Lipinski definition) is 1. The number of imidazole rings is 1. The lowest BCUT2D eigenvalue weighted by Gasteiger charge is -2.07. The average molecular weight is 293 g/mol. The quantitative estimate of drug-likeness (QED) is 0.749. The van der Waals surface area contributed by atoms with Crippen LogP contribution in [0.4, 0.5) is 8.78 Å². The second-order valence-electron chi connectivity index (χ2n) is 4.03. The minimum absolute atomic E-state index is 0.108. The summed E-state index contributed by atoms with van der Waals surface area (Å²) < 4.78 is 30.9. The van der Waals surface area contributed by atoms with E-state index in [0.29, 0.717) is 4.77 Å². The maximum absolute atomic E-state index is 12.1. The Hall–Kier alpha value is -2.28. The van der Waals surface area contributed by atoms with Crippen LogP contribution < -0.4 is 4.74 Å². The second kappa shape index (κ2) is 5.01. The summed E-state index contributed by atoms with van der Waals surface area (Å²) in [4.78, 5) is 7.05. The van der Waals surface area contributed by atoms with E-state index in [1.807, 2.05) is 6.07 Å². The predicted octanol–water partition coefficient (Wildman–Crippen LogP) is 3.68. The Morgan fingerprint density at radius 1 is 1.20 bits per heavy atom. The molecule has 1 N–H and O–H groups in total. The smallest absolute Gasteiger partial charge is 0.387 e. The van der Waals surface area contributed by atoms with Crippen LogP contribution in [0.2, 0.25) is 0 Å². The van der Waals surface area contributed by atoms with E-state index in [4.69, 9.17) is 12.2 Å². The third-order valence-electron chi connectivity index (χ3n) is 2.80. The molecule has 0 atom stereocenters. The lowest BCUT2D eigenvalue weighted by atomic mass is 10.3. The van der Waals surface area contributed by atoms with Gasteiger partial charge < -0.3 is 9.72 Å². The molecule has 3 rings (SSSR count). The van der Waals surface area contributed by atoms with Gasteiger partial charge in [0.2, 0.25) is 0 Å². The van der Waals surface area contributed by atoms with Crippen molar-refractivity contribution < 1.29 is 13.5 Å². The number of nitrogens with one attached hydrogen (secondary N) is 1. The number of ether oxygens (including phenoxy) is 1. The zero-order valence-electron chi connectivity index (χ0n) is 10.1. The average Bonchev–Trinajstić information content (AvgIpc) is 2.75. The van der Waals surface area contributed by atoms with E-state index in [2.05, 4.69) is 14.7 Å². The SMILES string of the molecule is FC(F)Oc1ccc(-n2c(=S)[nH]c3cnccc32)cc1. The van der Waals surface area contributed by atoms with Gasteiger partial charge >= 0.3 is 6.61 Å². The third-order valence-corrected chi connectivity index (χ3v) is 3.09. The largest absolute Gasteiger partial charge is 0.435 e. The van der Waals surface area contributed by atoms with Crippen LogP contribution in [0.25, 0.3) is 16.7 Å². The normalized spacial score (nSPS) is 11.2. The molecule has 3 aromatic rings. The van der Waals surface area contributed by atoms with E-state index in [9.17, 15) is 8.78 Å². The minimum atomic E-state index is -2.83. The van der Waals surface area contributed by atoms with Gasteiger partial charge in [0.05, 0.1) is 17.2 Å². The number of fused-ring (bicyclic) bond motifs is 1. The van der Waals surface area contributed by atoms with Crippen LogP contribution in [0.1, 0.15) is 0 Å². The first-order valence-corrected chi connectivity index (χ1v) is 6.16. The highest BCUT2D eigenvalue weighted by molar-refractivity contribution is 7.71. The van der Waals surface area contributed by atoms with Gasteiger partial charge in [0.15, 0.2) is 4.77 Å². The van der Waals surface area contributed by atoms with Crippen LogP contribution in [-0.4, -0.2) is 21.1 Å². The standard InChI is InChI=1S/C13H9F2N3OS/c14-12(15)19-9-3-1-8(2-4-9)18-11-5-6-16-7-10(11)17-13(18)20/h1-7,12H,(H,17,20). The molecule has 0 aliphatic heterocycles. The molecule has 4 nitrogen and oxygen atoms in total. The number of pyridine rings is 1. The zero-order chi connectivity index (χ0) is 14.1. The van der Waals surface area contributed by atoms with E-state index in [1.54, 1.807) is 29.1 Å². The first kappa shape index (κ1) is 12.7. The van der Waals surface area contributed by atoms with Gasteiger partial charge in [-0.2, -0.15) is 8.78 Å². The van der Waals surface area contributed by atoms with E-state index in [0.717, 1.165) is 16.7 Å². The Bertz CT molecular complexity index is 795. The van der Waals surface area contributed by atoms with Gasteiger partial charge in [0, 0.05) is 11.9 Å². The fraction of sp³-hybridized carbons (Fsp3) is 0.0769. The van der Waals surface area contributed by atoms with Gasteiger partial charge in [-0.3, -0.25) is 9.55 Å². The summed E-state index contributed by atoms with van der Waals surface area (Å²) in [5.74, 6) is 0.108. The van der Waals surface area contributed by atoms with E-state index >= 15 is 0 Å². The van der Waals surface area contributed by atoms with E-state index in [-0.39, 0.29) is 5.75 Å². The summed E-state index contributed by atoms with van der Waals surface area (Å²) >= 11 is 5.27. The molecule has 0 aliphatic carbocycles. The molecule has 0 unspecified atom stereocenters. The van der Waals surface area contributed by atoms with Gasteiger partial charge in [-0.05, 0) is 42.5 Å². The number of aromatic amines is 1. The fourth-order valence-electron chi connectivity index (χ4n) is 1.99. The number of rotatable bonds is 3. The van der Waals surface area contributed by atoms with Crippen LogP contribution in [0.3, 0.4) is 0 Å². The highest BCUT2D eigenvalue weighted by atomic mass is 32.1. The fourth-order valence-corrected chi connectivity index (χ4v) is 2.31. The second-order valence-corrected chi connectivity index (χ2v) is 4.42. The summed E-state index contributed by atoms with van der Waals surface area (Å²) in [5.41, 5.74) is 2.44. The van der Waals surface area contributed by atoms with Crippen molar-refractivity contribution >= 4 is 23.3 Å². The predicted molar refractivity (Wildman–Crippen MR) is 72.9 cm³/mol. The molecule has 0 saturated heterocycles. The summed E-state index contributed by atoms with van der Waals surface area (Å²) in [5, 5.41) is 0. The van der Waals surface area contributed by atoms with Crippen LogP contribution in [-0.2, 0) is 0 Å². The summed E-state index contributed by atoms with van der Waals surface area (Å²) in [6.07, 6.45) is 3.34. The van der Waals surface area contributed by atoms with Crippen molar-refractivity contribution in [2.45, 2.75) is 6.61 Å². The van der Waals surface area contributed by atoms with Crippen LogP contribution in [0.5, 0.6) is 5.75 Å². The van der Waals surface area contributed by atoms with E-state index in [1.165, 1.54) is 12.1 Å². The first-order chi connectivity index (χ1) is 9.65. The molecule has 0 radical (unpaired) electrons. The number of aromatic nitrogens is 3. The molecule has 0 spiro atoms. The number of halogens is 2. The van der Waals surface area contributed by atoms with Gasteiger partial charge in [-0.15, -0.1) is 0 Å². The van der Waals surface area contributed by atoms with Gasteiger partial charge in [-0.25, -0.2) is 0 Å². The Labute approximate surface area is 117 Å². The molecule has 20 heavy (non-hydrogen) atoms. The topological polar surface area (TPSA) is 42.8 Å². The van der Waals surface area contributed by atoms with Crippen LogP contribution in [0, 0.1) is 4.77 Å². The summed E-state index contributed by atoms with van der Waals surface area (Å²) in [7, 11) is 0. The van der Waals surface area contributed by atoms with Crippen molar-refractivity contribution in [3.05, 3.63) is 47.5 Å².